The Hall–Kier alpha value is -6.92. The van der Waals surface area contributed by atoms with Crippen LogP contribution in [0.5, 0.6) is 0 Å². The number of hydrogen-bond acceptors (Lipinski definition) is 6. The first-order valence-corrected chi connectivity index (χ1v) is 16.5. The van der Waals surface area contributed by atoms with E-state index in [-0.39, 0.29) is 0 Å². The molecule has 0 saturated heterocycles. The normalized spacial score (nSPS) is 11.6. The summed E-state index contributed by atoms with van der Waals surface area (Å²) in [7, 11) is 0. The fourth-order valence-electron chi connectivity index (χ4n) is 6.71. The first-order valence-electron chi connectivity index (χ1n) is 16.5. The molecule has 6 aromatic carbocycles. The Balaban J connectivity index is 1.15. The van der Waals surface area contributed by atoms with E-state index >= 15 is 0 Å². The van der Waals surface area contributed by atoms with Gasteiger partial charge in [0.2, 0.25) is 0 Å². The standard InChI is InChI=1S/C44H26N4O2/c1-4-13-27(14-5-1)35-26-36(28-15-6-2-7-16-28)46-43(45-35)30-23-24-31-32-20-12-21-34(41(32)50-38(31)25-30)44-47-39(29-17-8-3-9-18-29)42-40(48-44)33-19-10-11-22-37(33)49-42/h1-26H. The maximum absolute atomic E-state index is 6.70. The highest BCUT2D eigenvalue weighted by Crippen LogP contribution is 2.40. The van der Waals surface area contributed by atoms with Gasteiger partial charge in [-0.1, -0.05) is 121 Å². The van der Waals surface area contributed by atoms with Crippen molar-refractivity contribution in [2.24, 2.45) is 0 Å². The molecule has 0 N–H and O–H groups in total. The first-order chi connectivity index (χ1) is 24.8. The largest absolute Gasteiger partial charge is 0.455 e. The molecule has 0 bridgehead atoms. The molecular weight excluding hydrogens is 617 g/mol. The van der Waals surface area contributed by atoms with Crippen molar-refractivity contribution in [3.05, 3.63) is 158 Å². The zero-order chi connectivity index (χ0) is 33.0. The van der Waals surface area contributed by atoms with Gasteiger partial charge in [0, 0.05) is 38.4 Å². The predicted octanol–water partition coefficient (Wildman–Crippen LogP) is 11.4. The van der Waals surface area contributed by atoms with E-state index in [0.29, 0.717) is 17.2 Å². The number of nitrogens with zero attached hydrogens (tertiary/aromatic N) is 4. The van der Waals surface area contributed by atoms with Crippen molar-refractivity contribution in [1.29, 1.82) is 0 Å². The van der Waals surface area contributed by atoms with E-state index in [0.717, 1.165) is 83.3 Å². The minimum absolute atomic E-state index is 0.569. The molecule has 10 aromatic rings. The van der Waals surface area contributed by atoms with Crippen LogP contribution in [-0.4, -0.2) is 19.9 Å². The van der Waals surface area contributed by atoms with Crippen molar-refractivity contribution in [1.82, 2.24) is 19.9 Å². The van der Waals surface area contributed by atoms with Gasteiger partial charge in [-0.3, -0.25) is 0 Å². The second kappa shape index (κ2) is 11.4. The molecule has 4 aromatic heterocycles. The molecule has 4 heterocycles. The van der Waals surface area contributed by atoms with Crippen LogP contribution in [0.15, 0.2) is 167 Å². The second-order valence-corrected chi connectivity index (χ2v) is 12.2. The lowest BCUT2D eigenvalue weighted by molar-refractivity contribution is 0.666. The molecule has 50 heavy (non-hydrogen) atoms. The number of hydrogen-bond donors (Lipinski definition) is 0. The van der Waals surface area contributed by atoms with Crippen molar-refractivity contribution in [3.8, 4) is 56.5 Å². The Morgan fingerprint density at radius 1 is 0.360 bits per heavy atom. The molecule has 0 aliphatic heterocycles. The van der Waals surface area contributed by atoms with Crippen LogP contribution in [0.3, 0.4) is 0 Å². The van der Waals surface area contributed by atoms with Crippen molar-refractivity contribution in [2.75, 3.05) is 0 Å². The molecule has 0 saturated carbocycles. The smallest absolute Gasteiger partial charge is 0.180 e. The van der Waals surface area contributed by atoms with Gasteiger partial charge in [-0.05, 0) is 36.4 Å². The van der Waals surface area contributed by atoms with E-state index < -0.39 is 0 Å². The van der Waals surface area contributed by atoms with Gasteiger partial charge < -0.3 is 8.83 Å². The summed E-state index contributed by atoms with van der Waals surface area (Å²) in [6, 6.07) is 52.8. The lowest BCUT2D eigenvalue weighted by atomic mass is 10.0. The zero-order valence-corrected chi connectivity index (χ0v) is 26.6. The lowest BCUT2D eigenvalue weighted by Crippen LogP contribution is -1.95. The SMILES string of the molecule is c1ccc(-c2cc(-c3ccccc3)nc(-c3ccc4c(c3)oc3c(-c5nc(-c6ccccc6)c6oc7ccccc7c6n5)cccc34)n2)cc1. The highest BCUT2D eigenvalue weighted by molar-refractivity contribution is 6.11. The molecule has 10 rings (SSSR count). The lowest BCUT2D eigenvalue weighted by Gasteiger charge is -2.09. The van der Waals surface area contributed by atoms with E-state index in [2.05, 4.69) is 42.5 Å². The average Bonchev–Trinajstić information content (AvgIpc) is 3.76. The third-order valence-corrected chi connectivity index (χ3v) is 9.13. The summed E-state index contributed by atoms with van der Waals surface area (Å²) < 4.78 is 13.0. The van der Waals surface area contributed by atoms with Crippen LogP contribution in [0.2, 0.25) is 0 Å². The van der Waals surface area contributed by atoms with Crippen molar-refractivity contribution in [2.45, 2.75) is 0 Å². The van der Waals surface area contributed by atoms with Gasteiger partial charge in [-0.25, -0.2) is 19.9 Å². The number of fused-ring (bicyclic) bond motifs is 6. The van der Waals surface area contributed by atoms with Gasteiger partial charge >= 0.3 is 0 Å². The molecule has 0 radical (unpaired) electrons. The Morgan fingerprint density at radius 3 is 1.70 bits per heavy atom. The number of rotatable bonds is 5. The summed E-state index contributed by atoms with van der Waals surface area (Å²) in [5.74, 6) is 1.19. The van der Waals surface area contributed by atoms with Crippen LogP contribution < -0.4 is 0 Å². The predicted molar refractivity (Wildman–Crippen MR) is 199 cm³/mol. The highest BCUT2D eigenvalue weighted by atomic mass is 16.3. The van der Waals surface area contributed by atoms with E-state index in [1.807, 2.05) is 115 Å². The topological polar surface area (TPSA) is 77.8 Å². The van der Waals surface area contributed by atoms with Gasteiger partial charge in [0.05, 0.1) is 17.0 Å². The quantitative estimate of drug-likeness (QED) is 0.186. The molecule has 0 spiro atoms. The third kappa shape index (κ3) is 4.65. The van der Waals surface area contributed by atoms with Crippen molar-refractivity contribution < 1.29 is 8.83 Å². The van der Waals surface area contributed by atoms with Crippen LogP contribution in [0.25, 0.3) is 101 Å². The van der Waals surface area contributed by atoms with Crippen molar-refractivity contribution >= 4 is 44.0 Å². The summed E-state index contributed by atoms with van der Waals surface area (Å²) in [5, 5.41) is 2.92. The van der Waals surface area contributed by atoms with Crippen LogP contribution in [-0.2, 0) is 0 Å². The maximum atomic E-state index is 6.70. The molecule has 0 aliphatic carbocycles. The number of benzene rings is 6. The van der Waals surface area contributed by atoms with Crippen LogP contribution >= 0.6 is 0 Å². The minimum Gasteiger partial charge on any atom is -0.455 e. The number of aromatic nitrogens is 4. The van der Waals surface area contributed by atoms with E-state index in [4.69, 9.17) is 28.8 Å². The van der Waals surface area contributed by atoms with Gasteiger partial charge in [0.25, 0.3) is 0 Å². The van der Waals surface area contributed by atoms with Crippen LogP contribution in [0.4, 0.5) is 0 Å². The molecule has 6 nitrogen and oxygen atoms in total. The summed E-state index contributed by atoms with van der Waals surface area (Å²) in [4.78, 5) is 20.3. The van der Waals surface area contributed by atoms with Crippen molar-refractivity contribution in [3.63, 3.8) is 0 Å². The maximum Gasteiger partial charge on any atom is 0.180 e. The monoisotopic (exact) mass is 642 g/mol. The fourth-order valence-corrected chi connectivity index (χ4v) is 6.71. The number of para-hydroxylation sites is 2. The Labute approximate surface area is 286 Å². The fraction of sp³-hybridized carbons (Fsp3) is 0. The third-order valence-electron chi connectivity index (χ3n) is 9.13. The molecule has 0 atom stereocenters. The molecule has 6 heteroatoms. The molecule has 234 valence electrons. The Morgan fingerprint density at radius 2 is 0.980 bits per heavy atom. The van der Waals surface area contributed by atoms with E-state index in [1.54, 1.807) is 0 Å². The molecule has 0 fully saturated rings. The van der Waals surface area contributed by atoms with Gasteiger partial charge in [-0.15, -0.1) is 0 Å². The summed E-state index contributed by atoms with van der Waals surface area (Å²) >= 11 is 0. The molecule has 0 unspecified atom stereocenters. The highest BCUT2D eigenvalue weighted by Gasteiger charge is 2.21. The first kappa shape index (κ1) is 28.1. The van der Waals surface area contributed by atoms with E-state index in [1.165, 1.54) is 0 Å². The zero-order valence-electron chi connectivity index (χ0n) is 26.6. The average molecular weight is 643 g/mol. The molecule has 0 amide bonds. The van der Waals surface area contributed by atoms with Crippen LogP contribution in [0, 0.1) is 0 Å². The number of furan rings is 2. The minimum atomic E-state index is 0.569. The Bertz CT molecular complexity index is 2800. The molecule has 0 aliphatic rings. The van der Waals surface area contributed by atoms with Gasteiger partial charge in [0.15, 0.2) is 17.2 Å². The van der Waals surface area contributed by atoms with Gasteiger partial charge in [0.1, 0.15) is 28.0 Å². The summed E-state index contributed by atoms with van der Waals surface area (Å²) in [5.41, 5.74) is 10.8. The van der Waals surface area contributed by atoms with Gasteiger partial charge in [-0.2, -0.15) is 0 Å². The second-order valence-electron chi connectivity index (χ2n) is 12.2. The van der Waals surface area contributed by atoms with Crippen LogP contribution in [0.1, 0.15) is 0 Å². The summed E-state index contributed by atoms with van der Waals surface area (Å²) in [6.45, 7) is 0. The molecular formula is C44H26N4O2. The Kier molecular flexibility index (Phi) is 6.39. The van der Waals surface area contributed by atoms with E-state index in [9.17, 15) is 0 Å². The summed E-state index contributed by atoms with van der Waals surface area (Å²) in [6.07, 6.45) is 0.